The number of rotatable bonds is 1. The molecule has 0 bridgehead atoms. The summed E-state index contributed by atoms with van der Waals surface area (Å²) in [5, 5.41) is 13.5. The average molecular weight is 204 g/mol. The van der Waals surface area contributed by atoms with Crippen molar-refractivity contribution in [2.45, 2.75) is 12.8 Å². The van der Waals surface area contributed by atoms with Crippen molar-refractivity contribution < 1.29 is 4.92 Å². The van der Waals surface area contributed by atoms with Gasteiger partial charge in [-0.3, -0.25) is 10.1 Å². The van der Waals surface area contributed by atoms with Crippen molar-refractivity contribution in [2.75, 3.05) is 6.54 Å². The molecule has 1 N–H and O–H groups in total. The van der Waals surface area contributed by atoms with E-state index in [-0.39, 0.29) is 0 Å². The van der Waals surface area contributed by atoms with Crippen molar-refractivity contribution in [1.29, 1.82) is 0 Å². The van der Waals surface area contributed by atoms with Gasteiger partial charge in [0.2, 0.25) is 0 Å². The molecule has 0 saturated heterocycles. The number of allylic oxidation sites excluding steroid dienone is 1. The fourth-order valence-corrected chi connectivity index (χ4v) is 1.82. The summed E-state index contributed by atoms with van der Waals surface area (Å²) in [6, 6.07) is 8.07. The lowest BCUT2D eigenvalue weighted by atomic mass is 10.0. The summed E-state index contributed by atoms with van der Waals surface area (Å²) >= 11 is 0. The molecule has 15 heavy (non-hydrogen) atoms. The Hall–Kier alpha value is -1.84. The normalized spacial score (nSPS) is 17.7. The first-order valence-corrected chi connectivity index (χ1v) is 4.90. The fourth-order valence-electron chi connectivity index (χ4n) is 1.82. The lowest BCUT2D eigenvalue weighted by Gasteiger charge is -2.03. The minimum absolute atomic E-state index is 0.406. The van der Waals surface area contributed by atoms with Gasteiger partial charge in [-0.15, -0.1) is 0 Å². The van der Waals surface area contributed by atoms with Crippen LogP contribution < -0.4 is 5.32 Å². The van der Waals surface area contributed by atoms with Crippen LogP contribution in [0.25, 0.3) is 0 Å². The summed E-state index contributed by atoms with van der Waals surface area (Å²) in [5.74, 6) is 0. The summed E-state index contributed by atoms with van der Waals surface area (Å²) in [5.41, 5.74) is 3.14. The van der Waals surface area contributed by atoms with Gasteiger partial charge >= 0.3 is 0 Å². The van der Waals surface area contributed by atoms with Gasteiger partial charge in [0.1, 0.15) is 0 Å². The van der Waals surface area contributed by atoms with Crippen LogP contribution in [0.3, 0.4) is 0 Å². The SMILES string of the molecule is O=[N+]([O-])/C=C1\Cc2ccccc2CCN1. The van der Waals surface area contributed by atoms with Crippen molar-refractivity contribution in [3.8, 4) is 0 Å². The van der Waals surface area contributed by atoms with Crippen molar-refractivity contribution in [3.05, 3.63) is 57.4 Å². The largest absolute Gasteiger partial charge is 0.383 e. The predicted molar refractivity (Wildman–Crippen MR) is 56.9 cm³/mol. The Labute approximate surface area is 87.8 Å². The van der Waals surface area contributed by atoms with Gasteiger partial charge < -0.3 is 5.32 Å². The highest BCUT2D eigenvalue weighted by Gasteiger charge is 2.11. The Morgan fingerprint density at radius 1 is 1.33 bits per heavy atom. The van der Waals surface area contributed by atoms with Gasteiger partial charge in [0, 0.05) is 13.0 Å². The summed E-state index contributed by atoms with van der Waals surface area (Å²) in [7, 11) is 0. The monoisotopic (exact) mass is 204 g/mol. The van der Waals surface area contributed by atoms with Crippen LogP contribution in [0.2, 0.25) is 0 Å². The fraction of sp³-hybridized carbons (Fsp3) is 0.273. The lowest BCUT2D eigenvalue weighted by Crippen LogP contribution is -2.15. The van der Waals surface area contributed by atoms with Gasteiger partial charge in [0.05, 0.1) is 10.6 Å². The third-order valence-corrected chi connectivity index (χ3v) is 2.51. The molecule has 0 unspecified atom stereocenters. The zero-order chi connectivity index (χ0) is 10.7. The van der Waals surface area contributed by atoms with Crippen LogP contribution >= 0.6 is 0 Å². The molecule has 0 saturated carbocycles. The van der Waals surface area contributed by atoms with Crippen molar-refractivity contribution in [3.63, 3.8) is 0 Å². The van der Waals surface area contributed by atoms with E-state index in [1.54, 1.807) is 0 Å². The second-order valence-electron chi connectivity index (χ2n) is 3.56. The molecule has 1 aromatic rings. The average Bonchev–Trinajstić information content (AvgIpc) is 2.38. The third-order valence-electron chi connectivity index (χ3n) is 2.51. The second kappa shape index (κ2) is 4.13. The first-order valence-electron chi connectivity index (χ1n) is 4.90. The maximum Gasteiger partial charge on any atom is 0.253 e. The first-order chi connectivity index (χ1) is 7.25. The van der Waals surface area contributed by atoms with Gasteiger partial charge in [-0.25, -0.2) is 0 Å². The smallest absolute Gasteiger partial charge is 0.253 e. The van der Waals surface area contributed by atoms with E-state index in [1.807, 2.05) is 18.2 Å². The summed E-state index contributed by atoms with van der Waals surface area (Å²) in [6.45, 7) is 0.761. The molecule has 0 aromatic heterocycles. The number of nitrogens with zero attached hydrogens (tertiary/aromatic N) is 1. The van der Waals surface area contributed by atoms with Crippen molar-refractivity contribution >= 4 is 0 Å². The zero-order valence-electron chi connectivity index (χ0n) is 8.27. The molecule has 2 rings (SSSR count). The maximum atomic E-state index is 10.4. The van der Waals surface area contributed by atoms with Crippen LogP contribution in [-0.4, -0.2) is 11.5 Å². The maximum absolute atomic E-state index is 10.4. The van der Waals surface area contributed by atoms with Crippen LogP contribution in [0.15, 0.2) is 36.2 Å². The van der Waals surface area contributed by atoms with Crippen molar-refractivity contribution in [2.24, 2.45) is 0 Å². The van der Waals surface area contributed by atoms with E-state index in [4.69, 9.17) is 0 Å². The zero-order valence-corrected chi connectivity index (χ0v) is 8.27. The van der Waals surface area contributed by atoms with E-state index in [0.29, 0.717) is 12.1 Å². The molecule has 0 spiro atoms. The highest BCUT2D eigenvalue weighted by atomic mass is 16.6. The second-order valence-corrected chi connectivity index (χ2v) is 3.56. The van der Waals surface area contributed by atoms with E-state index in [0.717, 1.165) is 19.2 Å². The molecule has 0 fully saturated rings. The van der Waals surface area contributed by atoms with Gasteiger partial charge in [-0.05, 0) is 17.5 Å². The summed E-state index contributed by atoms with van der Waals surface area (Å²) in [6.07, 6.45) is 2.60. The van der Waals surface area contributed by atoms with Crippen molar-refractivity contribution in [1.82, 2.24) is 5.32 Å². The Morgan fingerprint density at radius 3 is 2.80 bits per heavy atom. The predicted octanol–water partition coefficient (Wildman–Crippen LogP) is 1.49. The van der Waals surface area contributed by atoms with E-state index >= 15 is 0 Å². The number of hydrogen-bond donors (Lipinski definition) is 1. The number of nitro groups is 1. The van der Waals surface area contributed by atoms with Gasteiger partial charge in [-0.2, -0.15) is 0 Å². The van der Waals surface area contributed by atoms with Crippen LogP contribution in [0, 0.1) is 10.1 Å². The van der Waals surface area contributed by atoms with E-state index in [9.17, 15) is 10.1 Å². The molecule has 0 amide bonds. The van der Waals surface area contributed by atoms with E-state index < -0.39 is 4.92 Å². The highest BCUT2D eigenvalue weighted by Crippen LogP contribution is 2.16. The number of hydrogen-bond acceptors (Lipinski definition) is 3. The minimum Gasteiger partial charge on any atom is -0.383 e. The molecule has 1 heterocycles. The molecule has 78 valence electrons. The van der Waals surface area contributed by atoms with Crippen LogP contribution in [0.5, 0.6) is 0 Å². The molecule has 0 aliphatic carbocycles. The van der Waals surface area contributed by atoms with Crippen LogP contribution in [-0.2, 0) is 12.8 Å². The summed E-state index contributed by atoms with van der Waals surface area (Å²) < 4.78 is 0. The third kappa shape index (κ3) is 2.34. The van der Waals surface area contributed by atoms with Gasteiger partial charge in [-0.1, -0.05) is 24.3 Å². The van der Waals surface area contributed by atoms with Crippen LogP contribution in [0.1, 0.15) is 11.1 Å². The van der Waals surface area contributed by atoms with Gasteiger partial charge in [0.15, 0.2) is 0 Å². The number of nitrogens with one attached hydrogen (secondary N) is 1. The molecule has 0 atom stereocenters. The van der Waals surface area contributed by atoms with E-state index in [2.05, 4.69) is 11.4 Å². The highest BCUT2D eigenvalue weighted by molar-refractivity contribution is 5.32. The minimum atomic E-state index is -0.406. The summed E-state index contributed by atoms with van der Waals surface area (Å²) in [4.78, 5) is 9.97. The molecule has 1 aromatic carbocycles. The Morgan fingerprint density at radius 2 is 2.07 bits per heavy atom. The Bertz CT molecular complexity index is 413. The molecule has 0 radical (unpaired) electrons. The van der Waals surface area contributed by atoms with Crippen LogP contribution in [0.4, 0.5) is 0 Å². The Kier molecular flexibility index (Phi) is 2.67. The lowest BCUT2D eigenvalue weighted by molar-refractivity contribution is -0.403. The van der Waals surface area contributed by atoms with Gasteiger partial charge in [0.25, 0.3) is 6.20 Å². The molecular formula is C11H12N2O2. The molecular weight excluding hydrogens is 192 g/mol. The molecule has 4 heteroatoms. The molecule has 1 aliphatic heterocycles. The standard InChI is InChI=1S/C11H12N2O2/c14-13(15)8-11-7-10-4-2-1-3-9(10)5-6-12-11/h1-4,8,12H,5-7H2/b11-8+. The van der Waals surface area contributed by atoms with E-state index in [1.165, 1.54) is 11.1 Å². The molecule has 4 nitrogen and oxygen atoms in total. The Balaban J connectivity index is 2.28. The number of fused-ring (bicyclic) bond motifs is 1. The first kappa shape index (κ1) is 9.71. The molecule has 1 aliphatic rings. The topological polar surface area (TPSA) is 55.2 Å². The quantitative estimate of drug-likeness (QED) is 0.557. The number of benzene rings is 1.